The predicted molar refractivity (Wildman–Crippen MR) is 145 cm³/mol. The molecule has 5 rings (SSSR count). The zero-order chi connectivity index (χ0) is 25.2. The number of hydrogen-bond acceptors (Lipinski definition) is 4. The molecule has 0 saturated carbocycles. The van der Waals surface area contributed by atoms with Crippen LogP contribution in [0.3, 0.4) is 0 Å². The van der Waals surface area contributed by atoms with Crippen molar-refractivity contribution in [2.75, 3.05) is 0 Å². The van der Waals surface area contributed by atoms with Crippen molar-refractivity contribution in [3.8, 4) is 22.6 Å². The maximum atomic E-state index is 13.5. The Bertz CT molecular complexity index is 1620. The minimum atomic E-state index is -0.282. The van der Waals surface area contributed by atoms with E-state index in [2.05, 4.69) is 70.2 Å². The van der Waals surface area contributed by atoms with Crippen LogP contribution in [0.5, 0.6) is 0 Å². The fourth-order valence-electron chi connectivity index (χ4n) is 4.25. The first kappa shape index (κ1) is 23.2. The highest BCUT2D eigenvalue weighted by molar-refractivity contribution is 5.98. The van der Waals surface area contributed by atoms with Gasteiger partial charge in [-0.15, -0.1) is 0 Å². The van der Waals surface area contributed by atoms with Crippen LogP contribution in [0.4, 0.5) is 4.39 Å². The van der Waals surface area contributed by atoms with Crippen molar-refractivity contribution < 1.29 is 4.39 Å². The summed E-state index contributed by atoms with van der Waals surface area (Å²) < 4.78 is 13.5. The van der Waals surface area contributed by atoms with Gasteiger partial charge in [-0.25, -0.2) is 9.37 Å². The van der Waals surface area contributed by atoms with Gasteiger partial charge in [-0.05, 0) is 73.9 Å². The minimum Gasteiger partial charge on any atom is -0.383 e. The van der Waals surface area contributed by atoms with E-state index >= 15 is 0 Å². The fraction of sp³-hybridized carbons (Fsp3) is 0.138. The molecule has 5 aromatic rings. The number of nitrogens with zero attached hydrogens (tertiary/aromatic N) is 3. The quantitative estimate of drug-likeness (QED) is 0.225. The molecule has 7 heteroatoms. The lowest BCUT2D eigenvalue weighted by Gasteiger charge is -2.12. The van der Waals surface area contributed by atoms with Gasteiger partial charge in [0.1, 0.15) is 11.5 Å². The van der Waals surface area contributed by atoms with Gasteiger partial charge in [-0.1, -0.05) is 30.9 Å². The van der Waals surface area contributed by atoms with Crippen molar-refractivity contribution in [2.45, 2.75) is 26.8 Å². The molecule has 0 atom stereocenters. The number of rotatable bonds is 7. The monoisotopic (exact) mass is 478 g/mol. The van der Waals surface area contributed by atoms with E-state index in [1.54, 1.807) is 24.5 Å². The van der Waals surface area contributed by atoms with Crippen LogP contribution in [0.25, 0.3) is 50.2 Å². The number of aromatic nitrogens is 5. The number of pyridine rings is 1. The first-order chi connectivity index (χ1) is 17.5. The third kappa shape index (κ3) is 4.43. The summed E-state index contributed by atoms with van der Waals surface area (Å²) in [7, 11) is 0. The van der Waals surface area contributed by atoms with Gasteiger partial charge in [0.25, 0.3) is 0 Å². The van der Waals surface area contributed by atoms with E-state index in [1.807, 2.05) is 19.1 Å². The number of nitrogens with one attached hydrogen (secondary N) is 3. The van der Waals surface area contributed by atoms with Crippen LogP contribution in [0.15, 0.2) is 85.4 Å². The number of aromatic amines is 2. The zero-order valence-electron chi connectivity index (χ0n) is 20.4. The topological polar surface area (TPSA) is 82.3 Å². The second-order valence-corrected chi connectivity index (χ2v) is 8.85. The van der Waals surface area contributed by atoms with Gasteiger partial charge in [0.15, 0.2) is 5.82 Å². The van der Waals surface area contributed by atoms with E-state index in [4.69, 9.17) is 4.98 Å². The van der Waals surface area contributed by atoms with Crippen molar-refractivity contribution in [3.63, 3.8) is 0 Å². The third-order valence-electron chi connectivity index (χ3n) is 5.97. The van der Waals surface area contributed by atoms with E-state index in [9.17, 15) is 4.39 Å². The third-order valence-corrected chi connectivity index (χ3v) is 5.97. The molecule has 3 heterocycles. The molecule has 0 unspecified atom stereocenters. The molecule has 0 spiro atoms. The molecule has 36 heavy (non-hydrogen) atoms. The van der Waals surface area contributed by atoms with Gasteiger partial charge in [0.2, 0.25) is 0 Å². The fourth-order valence-corrected chi connectivity index (χ4v) is 4.25. The molecule has 0 bridgehead atoms. The summed E-state index contributed by atoms with van der Waals surface area (Å²) in [6.07, 6.45) is 9.48. The maximum Gasteiger partial charge on any atom is 0.159 e. The first-order valence-electron chi connectivity index (χ1n) is 11.8. The second kappa shape index (κ2) is 9.62. The molecular weight excluding hydrogens is 451 g/mol. The molecule has 3 N–H and O–H groups in total. The van der Waals surface area contributed by atoms with E-state index in [0.717, 1.165) is 55.6 Å². The van der Waals surface area contributed by atoms with Gasteiger partial charge in [-0.2, -0.15) is 5.10 Å². The van der Waals surface area contributed by atoms with Gasteiger partial charge in [0.05, 0.1) is 22.7 Å². The van der Waals surface area contributed by atoms with Gasteiger partial charge in [0, 0.05) is 28.9 Å². The van der Waals surface area contributed by atoms with E-state index < -0.39 is 0 Å². The van der Waals surface area contributed by atoms with Gasteiger partial charge >= 0.3 is 0 Å². The normalized spacial score (nSPS) is 12.6. The second-order valence-electron chi connectivity index (χ2n) is 8.85. The van der Waals surface area contributed by atoms with Crippen molar-refractivity contribution in [1.82, 2.24) is 30.5 Å². The number of allylic oxidation sites excluding steroid dienone is 4. The zero-order valence-corrected chi connectivity index (χ0v) is 20.4. The van der Waals surface area contributed by atoms with E-state index in [1.165, 1.54) is 12.1 Å². The lowest BCUT2D eigenvalue weighted by molar-refractivity contribution is 0.628. The SMILES string of the molecule is C=C/C(=C\C(=C/C)c1ccc2[nH]nc(-c3nc4c(-c5ccc(F)cc5)cncc4[nH]3)c2c1)NC(C)C. The van der Waals surface area contributed by atoms with E-state index in [-0.39, 0.29) is 5.82 Å². The van der Waals surface area contributed by atoms with Crippen LogP contribution in [0.2, 0.25) is 0 Å². The van der Waals surface area contributed by atoms with Crippen molar-refractivity contribution in [1.29, 1.82) is 0 Å². The number of H-pyrrole nitrogens is 2. The lowest BCUT2D eigenvalue weighted by atomic mass is 10.0. The Balaban J connectivity index is 1.58. The smallest absolute Gasteiger partial charge is 0.159 e. The summed E-state index contributed by atoms with van der Waals surface area (Å²) in [5.74, 6) is 0.353. The molecule has 0 amide bonds. The number of imidazole rings is 1. The molecule has 2 aromatic carbocycles. The van der Waals surface area contributed by atoms with Crippen LogP contribution in [0, 0.1) is 5.82 Å². The Hall–Kier alpha value is -4.52. The molecule has 0 aliphatic rings. The first-order valence-corrected chi connectivity index (χ1v) is 11.8. The Morgan fingerprint density at radius 1 is 1.08 bits per heavy atom. The molecule has 3 aromatic heterocycles. The summed E-state index contributed by atoms with van der Waals surface area (Å²) in [4.78, 5) is 12.6. The Labute approximate surface area is 208 Å². The number of benzene rings is 2. The standard InChI is InChI=1S/C29H27FN6/c1-5-18(13-22(6-2)32-17(3)4)20-9-12-25-23(14-20)28(36-35-25)29-33-26-16-31-15-24(27(26)34-29)19-7-10-21(30)11-8-19/h5-17,32H,2H2,1,3-4H3,(H,33,34)(H,35,36)/b18-5+,22-13+. The number of fused-ring (bicyclic) bond motifs is 2. The highest BCUT2D eigenvalue weighted by Gasteiger charge is 2.16. The molecule has 0 saturated heterocycles. The lowest BCUT2D eigenvalue weighted by Crippen LogP contribution is -2.20. The molecule has 0 radical (unpaired) electrons. The van der Waals surface area contributed by atoms with Crippen molar-refractivity contribution in [2.24, 2.45) is 0 Å². The summed E-state index contributed by atoms with van der Waals surface area (Å²) in [5.41, 5.74) is 7.93. The van der Waals surface area contributed by atoms with Crippen LogP contribution >= 0.6 is 0 Å². The average Bonchev–Trinajstić information content (AvgIpc) is 3.50. The van der Waals surface area contributed by atoms with Crippen molar-refractivity contribution >= 4 is 27.5 Å². The maximum absolute atomic E-state index is 13.5. The highest BCUT2D eigenvalue weighted by atomic mass is 19.1. The largest absolute Gasteiger partial charge is 0.383 e. The Kier molecular flexibility index (Phi) is 6.21. The number of halogens is 1. The Morgan fingerprint density at radius 2 is 1.89 bits per heavy atom. The summed E-state index contributed by atoms with van der Waals surface area (Å²) in [6, 6.07) is 12.8. The highest BCUT2D eigenvalue weighted by Crippen LogP contribution is 2.32. The average molecular weight is 479 g/mol. The summed E-state index contributed by atoms with van der Waals surface area (Å²) in [6.45, 7) is 10.2. The van der Waals surface area contributed by atoms with Crippen LogP contribution in [0.1, 0.15) is 26.3 Å². The Morgan fingerprint density at radius 3 is 2.61 bits per heavy atom. The molecule has 0 aliphatic carbocycles. The van der Waals surface area contributed by atoms with Crippen LogP contribution in [-0.2, 0) is 0 Å². The minimum absolute atomic E-state index is 0.282. The van der Waals surface area contributed by atoms with Gasteiger partial charge in [-0.3, -0.25) is 10.1 Å². The summed E-state index contributed by atoms with van der Waals surface area (Å²) >= 11 is 0. The molecule has 0 fully saturated rings. The molecule has 180 valence electrons. The van der Waals surface area contributed by atoms with Gasteiger partial charge < -0.3 is 10.3 Å². The summed E-state index contributed by atoms with van der Waals surface area (Å²) in [5, 5.41) is 12.0. The van der Waals surface area contributed by atoms with Crippen LogP contribution < -0.4 is 5.32 Å². The van der Waals surface area contributed by atoms with E-state index in [0.29, 0.717) is 11.9 Å². The molecular formula is C29H27FN6. The number of hydrogen-bond donors (Lipinski definition) is 3. The molecule has 6 nitrogen and oxygen atoms in total. The molecule has 0 aliphatic heterocycles. The van der Waals surface area contributed by atoms with Crippen LogP contribution in [-0.4, -0.2) is 31.2 Å². The predicted octanol–water partition coefficient (Wildman–Crippen LogP) is 6.78. The van der Waals surface area contributed by atoms with Crippen molar-refractivity contribution in [3.05, 3.63) is 96.7 Å².